The van der Waals surface area contributed by atoms with Gasteiger partial charge in [0, 0.05) is 0 Å². The molecule has 1 aromatic heterocycles. The third kappa shape index (κ3) is 2.44. The molecular formula is C10H14N3O4+. The molecule has 2 rings (SSSR count). The Morgan fingerprint density at radius 1 is 1.53 bits per heavy atom. The van der Waals surface area contributed by atoms with E-state index in [0.717, 1.165) is 0 Å². The fourth-order valence-corrected chi connectivity index (χ4v) is 1.76. The predicted octanol–water partition coefficient (Wildman–Crippen LogP) is -0.223. The van der Waals surface area contributed by atoms with Gasteiger partial charge >= 0.3 is 5.82 Å². The Hall–Kier alpha value is -1.89. The highest BCUT2D eigenvalue weighted by Gasteiger charge is 2.26. The molecule has 1 fully saturated rings. The molecule has 0 spiro atoms. The van der Waals surface area contributed by atoms with Gasteiger partial charge in [0.05, 0.1) is 24.2 Å². The lowest BCUT2D eigenvalue weighted by molar-refractivity contribution is -0.875. The fourth-order valence-electron chi connectivity index (χ4n) is 1.76. The average Bonchev–Trinajstić information content (AvgIpc) is 2.39. The lowest BCUT2D eigenvalue weighted by atomic mass is 10.3. The first-order valence-corrected chi connectivity index (χ1v) is 5.29. The van der Waals surface area contributed by atoms with Gasteiger partial charge in [0.25, 0.3) is 5.69 Å². The van der Waals surface area contributed by atoms with Crippen molar-refractivity contribution in [3.8, 4) is 0 Å². The van der Waals surface area contributed by atoms with E-state index in [1.807, 2.05) is 4.90 Å². The second-order valence-corrected chi connectivity index (χ2v) is 3.61. The second-order valence-electron chi connectivity index (χ2n) is 3.61. The first-order chi connectivity index (χ1) is 8.22. The highest BCUT2D eigenvalue weighted by Crippen LogP contribution is 2.17. The Bertz CT molecular complexity index is 418. The minimum absolute atomic E-state index is 0.0554. The van der Waals surface area contributed by atoms with Gasteiger partial charge in [-0.15, -0.1) is 0 Å². The maximum absolute atomic E-state index is 10.7. The molecule has 1 aliphatic heterocycles. The SMILES string of the molecule is CO[n+]1ccc([N+](=O)[O-])cc1N1CCOCC1. The molecule has 92 valence electrons. The molecular weight excluding hydrogens is 226 g/mol. The first kappa shape index (κ1) is 11.6. The first-order valence-electron chi connectivity index (χ1n) is 5.29. The summed E-state index contributed by atoms with van der Waals surface area (Å²) in [5, 5.41) is 10.7. The van der Waals surface area contributed by atoms with Gasteiger partial charge in [0.15, 0.2) is 0 Å². The van der Waals surface area contributed by atoms with Crippen LogP contribution in [0.5, 0.6) is 0 Å². The number of nitrogens with zero attached hydrogens (tertiary/aromatic N) is 3. The molecule has 0 unspecified atom stereocenters. The fraction of sp³-hybridized carbons (Fsp3) is 0.500. The molecule has 17 heavy (non-hydrogen) atoms. The maximum Gasteiger partial charge on any atom is 0.323 e. The third-order valence-electron chi connectivity index (χ3n) is 2.63. The molecule has 2 heterocycles. The zero-order valence-electron chi connectivity index (χ0n) is 9.54. The van der Waals surface area contributed by atoms with Crippen molar-refractivity contribution in [2.45, 2.75) is 0 Å². The molecule has 0 saturated carbocycles. The third-order valence-corrected chi connectivity index (χ3v) is 2.63. The molecule has 0 N–H and O–H groups in total. The minimum atomic E-state index is -0.413. The number of pyridine rings is 1. The van der Waals surface area contributed by atoms with Crippen LogP contribution in [0, 0.1) is 10.1 Å². The van der Waals surface area contributed by atoms with E-state index in [4.69, 9.17) is 9.57 Å². The van der Waals surface area contributed by atoms with Gasteiger partial charge in [-0.2, -0.15) is 0 Å². The van der Waals surface area contributed by atoms with Crippen molar-refractivity contribution in [3.05, 3.63) is 28.4 Å². The van der Waals surface area contributed by atoms with Crippen molar-refractivity contribution in [2.24, 2.45) is 0 Å². The highest BCUT2D eigenvalue weighted by atomic mass is 16.6. The van der Waals surface area contributed by atoms with Crippen LogP contribution in [0.15, 0.2) is 18.3 Å². The Morgan fingerprint density at radius 2 is 2.24 bits per heavy atom. The van der Waals surface area contributed by atoms with E-state index in [2.05, 4.69) is 0 Å². The molecule has 1 aliphatic rings. The van der Waals surface area contributed by atoms with Crippen LogP contribution in [0.2, 0.25) is 0 Å². The van der Waals surface area contributed by atoms with Crippen LogP contribution in [0.25, 0.3) is 0 Å². The largest absolute Gasteiger partial charge is 0.373 e. The lowest BCUT2D eigenvalue weighted by Gasteiger charge is -2.22. The van der Waals surface area contributed by atoms with Crippen molar-refractivity contribution in [2.75, 3.05) is 38.3 Å². The van der Waals surface area contributed by atoms with Crippen molar-refractivity contribution >= 4 is 11.5 Å². The summed E-state index contributed by atoms with van der Waals surface area (Å²) < 4.78 is 6.76. The molecule has 7 heteroatoms. The summed E-state index contributed by atoms with van der Waals surface area (Å²) in [4.78, 5) is 17.5. The molecule has 0 amide bonds. The minimum Gasteiger partial charge on any atom is -0.373 e. The highest BCUT2D eigenvalue weighted by molar-refractivity contribution is 5.42. The van der Waals surface area contributed by atoms with Crippen LogP contribution in [-0.2, 0) is 4.74 Å². The standard InChI is InChI=1S/C10H14N3O4/c1-16-12-3-2-9(13(14)15)8-10(12)11-4-6-17-7-5-11/h2-3,8H,4-7H2,1H3/q+1. The number of anilines is 1. The average molecular weight is 240 g/mol. The molecule has 0 aromatic carbocycles. The molecule has 1 saturated heterocycles. The summed E-state index contributed by atoms with van der Waals surface area (Å²) in [6, 6.07) is 2.92. The lowest BCUT2D eigenvalue weighted by Crippen LogP contribution is -2.49. The zero-order valence-corrected chi connectivity index (χ0v) is 9.54. The van der Waals surface area contributed by atoms with Crippen molar-refractivity contribution < 1.29 is 19.2 Å². The van der Waals surface area contributed by atoms with Crippen LogP contribution in [-0.4, -0.2) is 38.3 Å². The van der Waals surface area contributed by atoms with Gasteiger partial charge in [-0.1, -0.05) is 0 Å². The summed E-state index contributed by atoms with van der Waals surface area (Å²) in [6.07, 6.45) is 1.54. The van der Waals surface area contributed by atoms with Crippen LogP contribution < -0.4 is 14.5 Å². The molecule has 0 atom stereocenters. The number of nitro groups is 1. The maximum atomic E-state index is 10.7. The summed E-state index contributed by atoms with van der Waals surface area (Å²) in [5.41, 5.74) is 0.0554. The van der Waals surface area contributed by atoms with Gasteiger partial charge in [-0.25, -0.2) is 0 Å². The van der Waals surface area contributed by atoms with E-state index in [9.17, 15) is 10.1 Å². The van der Waals surface area contributed by atoms with Gasteiger partial charge in [-0.05, 0) is 4.73 Å². The van der Waals surface area contributed by atoms with E-state index in [1.165, 1.54) is 24.0 Å². The molecule has 0 aliphatic carbocycles. The van der Waals surface area contributed by atoms with Crippen LogP contribution in [0.1, 0.15) is 0 Å². The van der Waals surface area contributed by atoms with E-state index in [0.29, 0.717) is 32.1 Å². The van der Waals surface area contributed by atoms with E-state index >= 15 is 0 Å². The Morgan fingerprint density at radius 3 is 2.82 bits per heavy atom. The van der Waals surface area contributed by atoms with Gasteiger partial charge in [-0.3, -0.25) is 15.0 Å². The number of ether oxygens (including phenoxy) is 1. The Balaban J connectivity index is 2.34. The van der Waals surface area contributed by atoms with Crippen molar-refractivity contribution in [1.29, 1.82) is 0 Å². The summed E-state index contributed by atoms with van der Waals surface area (Å²) in [5.74, 6) is 0.671. The summed E-state index contributed by atoms with van der Waals surface area (Å²) >= 11 is 0. The van der Waals surface area contributed by atoms with Gasteiger partial charge in [0.1, 0.15) is 32.5 Å². The van der Waals surface area contributed by atoms with Crippen molar-refractivity contribution in [3.63, 3.8) is 0 Å². The van der Waals surface area contributed by atoms with E-state index < -0.39 is 4.92 Å². The van der Waals surface area contributed by atoms with Gasteiger partial charge < -0.3 is 9.57 Å². The normalized spacial score (nSPS) is 15.7. The smallest absolute Gasteiger partial charge is 0.323 e. The number of aromatic nitrogens is 1. The topological polar surface area (TPSA) is 68.7 Å². The summed E-state index contributed by atoms with van der Waals surface area (Å²) in [6.45, 7) is 2.63. The number of rotatable bonds is 3. The zero-order chi connectivity index (χ0) is 12.3. The Labute approximate surface area is 98.3 Å². The quantitative estimate of drug-likeness (QED) is 0.415. The molecule has 0 radical (unpaired) electrons. The predicted molar refractivity (Wildman–Crippen MR) is 58.8 cm³/mol. The van der Waals surface area contributed by atoms with Crippen LogP contribution in [0.3, 0.4) is 0 Å². The Kier molecular flexibility index (Phi) is 3.38. The molecule has 1 aromatic rings. The van der Waals surface area contributed by atoms with Crippen LogP contribution in [0.4, 0.5) is 11.5 Å². The molecule has 7 nitrogen and oxygen atoms in total. The number of hydrogen-bond acceptors (Lipinski definition) is 5. The van der Waals surface area contributed by atoms with E-state index in [-0.39, 0.29) is 5.69 Å². The monoisotopic (exact) mass is 240 g/mol. The van der Waals surface area contributed by atoms with Crippen LogP contribution >= 0.6 is 0 Å². The van der Waals surface area contributed by atoms with Gasteiger partial charge in [0.2, 0.25) is 0 Å². The second kappa shape index (κ2) is 4.96. The number of hydrogen-bond donors (Lipinski definition) is 0. The summed E-state index contributed by atoms with van der Waals surface area (Å²) in [7, 11) is 1.52. The number of morpholine rings is 1. The van der Waals surface area contributed by atoms with Crippen molar-refractivity contribution in [1.82, 2.24) is 0 Å². The molecule has 0 bridgehead atoms. The van der Waals surface area contributed by atoms with E-state index in [1.54, 1.807) is 6.20 Å².